The van der Waals surface area contributed by atoms with Gasteiger partial charge in [-0.15, -0.1) is 0 Å². The molecule has 1 aromatic carbocycles. The van der Waals surface area contributed by atoms with E-state index in [1.807, 2.05) is 12.1 Å². The van der Waals surface area contributed by atoms with E-state index < -0.39 is 0 Å². The number of anilines is 1. The molecule has 3 rings (SSSR count). The van der Waals surface area contributed by atoms with E-state index in [-0.39, 0.29) is 11.8 Å². The summed E-state index contributed by atoms with van der Waals surface area (Å²) in [4.78, 5) is 12.0. The number of carbonyl (C=O) groups excluding carboxylic acids is 1. The number of hydrogen-bond donors (Lipinski definition) is 1. The molecule has 0 saturated carbocycles. The maximum Gasteiger partial charge on any atom is 0.232 e. The van der Waals surface area contributed by atoms with Crippen molar-refractivity contribution in [3.05, 3.63) is 51.7 Å². The van der Waals surface area contributed by atoms with E-state index >= 15 is 0 Å². The molecule has 0 saturated heterocycles. The fourth-order valence-electron chi connectivity index (χ4n) is 2.29. The second kappa shape index (κ2) is 4.00. The largest absolute Gasteiger partial charge is 0.325 e. The van der Waals surface area contributed by atoms with Crippen molar-refractivity contribution in [2.75, 3.05) is 5.32 Å². The number of benzene rings is 1. The van der Waals surface area contributed by atoms with Gasteiger partial charge >= 0.3 is 0 Å². The van der Waals surface area contributed by atoms with Gasteiger partial charge in [-0.3, -0.25) is 4.79 Å². The standard InChI is InChI=1S/C14H13NOS/c1-9-2-3-13-11(6-9)12(14(16)15-13)7-10-4-5-17-8-10/h2-6,8,12H,7H2,1H3,(H,15,16)/t12-/m0/s1. The summed E-state index contributed by atoms with van der Waals surface area (Å²) in [5.74, 6) is 0.0938. The summed E-state index contributed by atoms with van der Waals surface area (Å²) < 4.78 is 0. The van der Waals surface area contributed by atoms with E-state index in [9.17, 15) is 4.79 Å². The third kappa shape index (κ3) is 1.87. The highest BCUT2D eigenvalue weighted by atomic mass is 32.1. The SMILES string of the molecule is Cc1ccc2c(c1)[C@H](Cc1ccsc1)C(=O)N2. The van der Waals surface area contributed by atoms with Crippen LogP contribution in [0.4, 0.5) is 5.69 Å². The minimum absolute atomic E-state index is 0.0282. The van der Waals surface area contributed by atoms with Crippen LogP contribution in [0.25, 0.3) is 0 Å². The topological polar surface area (TPSA) is 29.1 Å². The molecule has 0 bridgehead atoms. The van der Waals surface area contributed by atoms with Crippen LogP contribution in [0, 0.1) is 6.92 Å². The smallest absolute Gasteiger partial charge is 0.232 e. The molecule has 86 valence electrons. The van der Waals surface area contributed by atoms with Gasteiger partial charge in [0.25, 0.3) is 0 Å². The zero-order valence-corrected chi connectivity index (χ0v) is 10.4. The fourth-order valence-corrected chi connectivity index (χ4v) is 2.97. The summed E-state index contributed by atoms with van der Waals surface area (Å²) >= 11 is 1.68. The van der Waals surface area contributed by atoms with E-state index in [1.54, 1.807) is 11.3 Å². The second-order valence-corrected chi connectivity index (χ2v) is 5.25. The molecule has 2 nitrogen and oxygen atoms in total. The lowest BCUT2D eigenvalue weighted by atomic mass is 9.93. The molecule has 1 atom stereocenters. The monoisotopic (exact) mass is 243 g/mol. The molecule has 1 N–H and O–H groups in total. The van der Waals surface area contributed by atoms with Gasteiger partial charge in [0.2, 0.25) is 5.91 Å². The van der Waals surface area contributed by atoms with E-state index in [0.717, 1.165) is 17.7 Å². The van der Waals surface area contributed by atoms with E-state index in [4.69, 9.17) is 0 Å². The predicted octanol–water partition coefficient (Wildman–Crippen LogP) is 3.33. The number of nitrogens with one attached hydrogen (secondary N) is 1. The molecule has 2 heterocycles. The second-order valence-electron chi connectivity index (χ2n) is 4.47. The number of thiophene rings is 1. The fraction of sp³-hybridized carbons (Fsp3) is 0.214. The predicted molar refractivity (Wildman–Crippen MR) is 70.6 cm³/mol. The molecule has 1 aliphatic heterocycles. The molecule has 1 aromatic heterocycles. The number of carbonyl (C=O) groups is 1. The highest BCUT2D eigenvalue weighted by Gasteiger charge is 2.30. The van der Waals surface area contributed by atoms with Crippen molar-refractivity contribution >= 4 is 22.9 Å². The van der Waals surface area contributed by atoms with Crippen LogP contribution in [0.1, 0.15) is 22.6 Å². The van der Waals surface area contributed by atoms with Crippen molar-refractivity contribution in [2.45, 2.75) is 19.3 Å². The quantitative estimate of drug-likeness (QED) is 0.861. The van der Waals surface area contributed by atoms with Crippen molar-refractivity contribution < 1.29 is 4.79 Å². The first-order valence-corrected chi connectivity index (χ1v) is 6.61. The Morgan fingerprint density at radius 3 is 3.00 bits per heavy atom. The Kier molecular flexibility index (Phi) is 2.48. The summed E-state index contributed by atoms with van der Waals surface area (Å²) in [6.07, 6.45) is 0.797. The molecule has 0 spiro atoms. The van der Waals surface area contributed by atoms with Gasteiger partial charge in [0, 0.05) is 5.69 Å². The Bertz CT molecular complexity index is 560. The van der Waals surface area contributed by atoms with Crippen molar-refractivity contribution in [3.8, 4) is 0 Å². The van der Waals surface area contributed by atoms with Gasteiger partial charge in [0.1, 0.15) is 0 Å². The van der Waals surface area contributed by atoms with Crippen molar-refractivity contribution in [2.24, 2.45) is 0 Å². The van der Waals surface area contributed by atoms with Crippen molar-refractivity contribution in [1.29, 1.82) is 0 Å². The average molecular weight is 243 g/mol. The third-order valence-electron chi connectivity index (χ3n) is 3.18. The van der Waals surface area contributed by atoms with Gasteiger partial charge < -0.3 is 5.32 Å². The third-order valence-corrected chi connectivity index (χ3v) is 3.91. The molecule has 0 fully saturated rings. The zero-order valence-electron chi connectivity index (χ0n) is 9.57. The molecule has 0 radical (unpaired) electrons. The lowest BCUT2D eigenvalue weighted by molar-refractivity contribution is -0.117. The van der Waals surface area contributed by atoms with Crippen LogP contribution in [-0.4, -0.2) is 5.91 Å². The first kappa shape index (κ1) is 10.5. The number of rotatable bonds is 2. The Hall–Kier alpha value is -1.61. The molecule has 1 aliphatic rings. The van der Waals surface area contributed by atoms with Crippen LogP contribution in [0.15, 0.2) is 35.0 Å². The zero-order chi connectivity index (χ0) is 11.8. The van der Waals surface area contributed by atoms with Gasteiger partial charge in [0.05, 0.1) is 5.92 Å². The van der Waals surface area contributed by atoms with Gasteiger partial charge in [0.15, 0.2) is 0 Å². The van der Waals surface area contributed by atoms with E-state index in [1.165, 1.54) is 11.1 Å². The summed E-state index contributed by atoms with van der Waals surface area (Å²) in [7, 11) is 0. The van der Waals surface area contributed by atoms with Crippen LogP contribution < -0.4 is 5.32 Å². The molecule has 0 aliphatic carbocycles. The molecule has 2 aromatic rings. The first-order chi connectivity index (χ1) is 8.24. The van der Waals surface area contributed by atoms with Crippen LogP contribution in [0.5, 0.6) is 0 Å². The molecular weight excluding hydrogens is 230 g/mol. The van der Waals surface area contributed by atoms with Crippen LogP contribution in [0.3, 0.4) is 0 Å². The highest BCUT2D eigenvalue weighted by molar-refractivity contribution is 7.07. The Labute approximate surface area is 104 Å². The lowest BCUT2D eigenvalue weighted by Gasteiger charge is -2.07. The number of fused-ring (bicyclic) bond motifs is 1. The molecule has 3 heteroatoms. The number of hydrogen-bond acceptors (Lipinski definition) is 2. The van der Waals surface area contributed by atoms with E-state index in [2.05, 4.69) is 35.1 Å². The Balaban J connectivity index is 1.96. The van der Waals surface area contributed by atoms with Gasteiger partial charge in [-0.1, -0.05) is 17.7 Å². The van der Waals surface area contributed by atoms with Gasteiger partial charge in [-0.2, -0.15) is 11.3 Å². The minimum Gasteiger partial charge on any atom is -0.325 e. The summed E-state index contributed by atoms with van der Waals surface area (Å²) in [5, 5.41) is 7.12. The molecule has 0 unspecified atom stereocenters. The number of amides is 1. The molecule has 1 amide bonds. The van der Waals surface area contributed by atoms with Gasteiger partial charge in [-0.25, -0.2) is 0 Å². The average Bonchev–Trinajstić information content (AvgIpc) is 2.90. The first-order valence-electron chi connectivity index (χ1n) is 5.66. The van der Waals surface area contributed by atoms with Crippen LogP contribution in [0.2, 0.25) is 0 Å². The van der Waals surface area contributed by atoms with Crippen LogP contribution in [-0.2, 0) is 11.2 Å². The van der Waals surface area contributed by atoms with Crippen molar-refractivity contribution in [1.82, 2.24) is 0 Å². The highest BCUT2D eigenvalue weighted by Crippen LogP contribution is 2.35. The molecule has 17 heavy (non-hydrogen) atoms. The molecular formula is C14H13NOS. The normalized spacial score (nSPS) is 17.9. The number of aryl methyl sites for hydroxylation is 1. The van der Waals surface area contributed by atoms with Crippen LogP contribution >= 0.6 is 11.3 Å². The van der Waals surface area contributed by atoms with Crippen molar-refractivity contribution in [3.63, 3.8) is 0 Å². The lowest BCUT2D eigenvalue weighted by Crippen LogP contribution is -2.13. The maximum atomic E-state index is 12.0. The van der Waals surface area contributed by atoms with Gasteiger partial charge in [-0.05, 0) is 47.4 Å². The maximum absolute atomic E-state index is 12.0. The summed E-state index contributed by atoms with van der Waals surface area (Å²) in [5.41, 5.74) is 4.56. The minimum atomic E-state index is -0.0282. The Morgan fingerprint density at radius 2 is 2.24 bits per heavy atom. The summed E-state index contributed by atoms with van der Waals surface area (Å²) in [6.45, 7) is 2.06. The Morgan fingerprint density at radius 1 is 1.35 bits per heavy atom. The van der Waals surface area contributed by atoms with E-state index in [0.29, 0.717) is 0 Å². The summed E-state index contributed by atoms with van der Waals surface area (Å²) in [6, 6.07) is 8.23.